The lowest BCUT2D eigenvalue weighted by Gasteiger charge is -2.29. The van der Waals surface area contributed by atoms with Gasteiger partial charge in [0.1, 0.15) is 17.5 Å². The molecule has 9 heteroatoms. The second kappa shape index (κ2) is 10.3. The molecule has 0 aliphatic carbocycles. The van der Waals surface area contributed by atoms with E-state index in [9.17, 15) is 13.6 Å². The van der Waals surface area contributed by atoms with Crippen molar-refractivity contribution in [2.75, 3.05) is 41.8 Å². The maximum absolute atomic E-state index is 13.5. The van der Waals surface area contributed by atoms with Crippen LogP contribution in [0.25, 0.3) is 0 Å². The van der Waals surface area contributed by atoms with Crippen molar-refractivity contribution in [3.05, 3.63) is 77.5 Å². The van der Waals surface area contributed by atoms with Gasteiger partial charge >= 0.3 is 0 Å². The number of pyridine rings is 1. The summed E-state index contributed by atoms with van der Waals surface area (Å²) in [6, 6.07) is 13.1. The Morgan fingerprint density at radius 1 is 1.09 bits per heavy atom. The number of hydrogen-bond acceptors (Lipinski definition) is 6. The SMILES string of the molecule is NC(=O)Cc1cnc(Nc2cccc(N3CCOCC3)c2)cc1NCc1cc(F)cc(F)c1. The first-order valence-electron chi connectivity index (χ1n) is 10.6. The molecule has 1 aliphatic rings. The Hall–Kier alpha value is -3.72. The third-order valence-electron chi connectivity index (χ3n) is 5.25. The molecule has 2 aromatic carbocycles. The molecule has 1 fully saturated rings. The van der Waals surface area contributed by atoms with Crippen molar-refractivity contribution in [2.24, 2.45) is 5.73 Å². The summed E-state index contributed by atoms with van der Waals surface area (Å²) in [4.78, 5) is 18.1. The predicted molar refractivity (Wildman–Crippen MR) is 124 cm³/mol. The van der Waals surface area contributed by atoms with Crippen molar-refractivity contribution in [2.45, 2.75) is 13.0 Å². The Kier molecular flexibility index (Phi) is 6.99. The molecule has 4 N–H and O–H groups in total. The van der Waals surface area contributed by atoms with Crippen molar-refractivity contribution in [3.8, 4) is 0 Å². The van der Waals surface area contributed by atoms with Gasteiger partial charge in [0.05, 0.1) is 19.6 Å². The summed E-state index contributed by atoms with van der Waals surface area (Å²) in [5, 5.41) is 6.41. The normalized spacial score (nSPS) is 13.6. The number of benzene rings is 2. The molecular formula is C24H25F2N5O2. The number of primary amides is 1. The van der Waals surface area contributed by atoms with Gasteiger partial charge in [-0.3, -0.25) is 4.79 Å². The number of carbonyl (C=O) groups is 1. The van der Waals surface area contributed by atoms with Gasteiger partial charge < -0.3 is 26.0 Å². The van der Waals surface area contributed by atoms with E-state index in [1.807, 2.05) is 24.3 Å². The molecular weight excluding hydrogens is 428 g/mol. The molecule has 0 bridgehead atoms. The highest BCUT2D eigenvalue weighted by Crippen LogP contribution is 2.26. The topological polar surface area (TPSA) is 92.5 Å². The highest BCUT2D eigenvalue weighted by Gasteiger charge is 2.13. The van der Waals surface area contributed by atoms with Gasteiger partial charge in [-0.2, -0.15) is 0 Å². The Labute approximate surface area is 190 Å². The van der Waals surface area contributed by atoms with E-state index in [1.165, 1.54) is 12.1 Å². The molecule has 3 aromatic rings. The summed E-state index contributed by atoms with van der Waals surface area (Å²) >= 11 is 0. The second-order valence-electron chi connectivity index (χ2n) is 7.78. The van der Waals surface area contributed by atoms with Gasteiger partial charge in [-0.25, -0.2) is 13.8 Å². The number of rotatable bonds is 8. The first-order chi connectivity index (χ1) is 16.0. The first kappa shape index (κ1) is 22.5. The number of morpholine rings is 1. The molecule has 2 heterocycles. The fourth-order valence-corrected chi connectivity index (χ4v) is 3.71. The van der Waals surface area contributed by atoms with Crippen molar-refractivity contribution in [3.63, 3.8) is 0 Å². The van der Waals surface area contributed by atoms with Crippen LogP contribution < -0.4 is 21.3 Å². The average molecular weight is 453 g/mol. The quantitative estimate of drug-likeness (QED) is 0.483. The number of aromatic nitrogens is 1. The molecule has 0 saturated carbocycles. The number of nitrogens with one attached hydrogen (secondary N) is 2. The second-order valence-corrected chi connectivity index (χ2v) is 7.78. The third-order valence-corrected chi connectivity index (χ3v) is 5.25. The van der Waals surface area contributed by atoms with Gasteiger partial charge in [-0.1, -0.05) is 6.07 Å². The van der Waals surface area contributed by atoms with E-state index >= 15 is 0 Å². The first-order valence-corrected chi connectivity index (χ1v) is 10.6. The van der Waals surface area contributed by atoms with Crippen LogP contribution in [0.5, 0.6) is 0 Å². The van der Waals surface area contributed by atoms with Gasteiger partial charge in [-0.15, -0.1) is 0 Å². The number of hydrogen-bond donors (Lipinski definition) is 3. The van der Waals surface area contributed by atoms with Crippen LogP contribution in [-0.2, 0) is 22.5 Å². The Bertz CT molecular complexity index is 1120. The molecule has 33 heavy (non-hydrogen) atoms. The lowest BCUT2D eigenvalue weighted by Crippen LogP contribution is -2.36. The smallest absolute Gasteiger partial charge is 0.221 e. The Morgan fingerprint density at radius 3 is 2.58 bits per heavy atom. The van der Waals surface area contributed by atoms with Crippen molar-refractivity contribution in [1.29, 1.82) is 0 Å². The summed E-state index contributed by atoms with van der Waals surface area (Å²) in [6.07, 6.45) is 1.55. The molecule has 1 aromatic heterocycles. The van der Waals surface area contributed by atoms with Gasteiger partial charge in [-0.05, 0) is 35.9 Å². The maximum Gasteiger partial charge on any atom is 0.221 e. The van der Waals surface area contributed by atoms with Gasteiger partial charge in [0.25, 0.3) is 0 Å². The highest BCUT2D eigenvalue weighted by molar-refractivity contribution is 5.79. The van der Waals surface area contributed by atoms with Crippen LogP contribution in [0.2, 0.25) is 0 Å². The summed E-state index contributed by atoms with van der Waals surface area (Å²) in [6.45, 7) is 3.22. The van der Waals surface area contributed by atoms with Crippen LogP contribution in [0.1, 0.15) is 11.1 Å². The van der Waals surface area contributed by atoms with Gasteiger partial charge in [0.15, 0.2) is 0 Å². The van der Waals surface area contributed by atoms with Crippen molar-refractivity contribution in [1.82, 2.24) is 4.98 Å². The lowest BCUT2D eigenvalue weighted by atomic mass is 10.1. The van der Waals surface area contributed by atoms with Crippen LogP contribution in [0.4, 0.5) is 31.7 Å². The van der Waals surface area contributed by atoms with Gasteiger partial charge in [0, 0.05) is 60.6 Å². The molecule has 1 saturated heterocycles. The minimum atomic E-state index is -0.651. The average Bonchev–Trinajstić information content (AvgIpc) is 2.79. The van der Waals surface area contributed by atoms with Crippen LogP contribution in [-0.4, -0.2) is 37.2 Å². The fraction of sp³-hybridized carbons (Fsp3) is 0.250. The third kappa shape index (κ3) is 6.17. The summed E-state index contributed by atoms with van der Waals surface area (Å²) in [5.41, 5.74) is 8.92. The largest absolute Gasteiger partial charge is 0.381 e. The molecule has 0 unspecified atom stereocenters. The van der Waals surface area contributed by atoms with E-state index in [-0.39, 0.29) is 13.0 Å². The van der Waals surface area contributed by atoms with E-state index < -0.39 is 17.5 Å². The minimum absolute atomic E-state index is 0.0142. The predicted octanol–water partition coefficient (Wildman–Crippen LogP) is 3.58. The number of carbonyl (C=O) groups excluding carboxylic acids is 1. The van der Waals surface area contributed by atoms with Crippen LogP contribution in [0, 0.1) is 11.6 Å². The summed E-state index contributed by atoms with van der Waals surface area (Å²) in [7, 11) is 0. The molecule has 0 radical (unpaired) electrons. The van der Waals surface area contributed by atoms with E-state index in [1.54, 1.807) is 12.3 Å². The summed E-state index contributed by atoms with van der Waals surface area (Å²) in [5.74, 6) is -1.26. The zero-order valence-corrected chi connectivity index (χ0v) is 18.0. The number of ether oxygens (including phenoxy) is 1. The maximum atomic E-state index is 13.5. The molecule has 4 rings (SSSR count). The molecule has 1 aliphatic heterocycles. The fourth-order valence-electron chi connectivity index (χ4n) is 3.71. The molecule has 172 valence electrons. The lowest BCUT2D eigenvalue weighted by molar-refractivity contribution is -0.117. The van der Waals surface area contributed by atoms with Crippen LogP contribution >= 0.6 is 0 Å². The standard InChI is InChI=1S/C24H25F2N5O2/c25-18-8-16(9-19(26)11-18)14-28-22-13-24(29-15-17(22)10-23(27)32)30-20-2-1-3-21(12-20)31-4-6-33-7-5-31/h1-3,8-9,11-13,15H,4-7,10,14H2,(H2,27,32)(H2,28,29,30). The van der Waals surface area contributed by atoms with Crippen molar-refractivity contribution < 1.29 is 18.3 Å². The zero-order valence-electron chi connectivity index (χ0n) is 18.0. The highest BCUT2D eigenvalue weighted by atomic mass is 19.1. The monoisotopic (exact) mass is 453 g/mol. The number of anilines is 4. The molecule has 0 atom stereocenters. The minimum Gasteiger partial charge on any atom is -0.381 e. The van der Waals surface area contributed by atoms with Crippen LogP contribution in [0.3, 0.4) is 0 Å². The van der Waals surface area contributed by atoms with E-state index in [0.29, 0.717) is 35.8 Å². The van der Waals surface area contributed by atoms with E-state index in [2.05, 4.69) is 20.5 Å². The molecule has 7 nitrogen and oxygen atoms in total. The van der Waals surface area contributed by atoms with Crippen molar-refractivity contribution >= 4 is 28.8 Å². The number of halogens is 2. The Morgan fingerprint density at radius 2 is 1.85 bits per heavy atom. The molecule has 0 spiro atoms. The summed E-state index contributed by atoms with van der Waals surface area (Å²) < 4.78 is 32.5. The van der Waals surface area contributed by atoms with Gasteiger partial charge in [0.2, 0.25) is 5.91 Å². The van der Waals surface area contributed by atoms with Crippen LogP contribution in [0.15, 0.2) is 54.7 Å². The van der Waals surface area contributed by atoms with E-state index in [0.717, 1.165) is 30.5 Å². The molecule has 1 amide bonds. The zero-order chi connectivity index (χ0) is 23.2. The number of nitrogens with zero attached hydrogens (tertiary/aromatic N) is 2. The number of amides is 1. The van der Waals surface area contributed by atoms with E-state index in [4.69, 9.17) is 10.5 Å². The number of nitrogens with two attached hydrogens (primary N) is 1. The Balaban J connectivity index is 1.53.